The minimum Gasteiger partial charge on any atom is -0.399 e. The molecule has 0 aliphatic carbocycles. The molecule has 1 aromatic carbocycles. The second kappa shape index (κ2) is 5.77. The first-order valence-electron chi connectivity index (χ1n) is 5.79. The molecule has 6 N–H and O–H groups in total. The summed E-state index contributed by atoms with van der Waals surface area (Å²) < 4.78 is 0. The lowest BCUT2D eigenvalue weighted by Crippen LogP contribution is -2.13. The number of nitrogens with one attached hydrogen (secondary N) is 2. The molecule has 0 aliphatic rings. The molecule has 0 bridgehead atoms. The summed E-state index contributed by atoms with van der Waals surface area (Å²) in [6.07, 6.45) is 1.72. The zero-order valence-electron chi connectivity index (χ0n) is 10.1. The number of aromatic nitrogens is 1. The van der Waals surface area contributed by atoms with Crippen LogP contribution in [0.15, 0.2) is 42.6 Å². The minimum absolute atomic E-state index is 0.528. The van der Waals surface area contributed by atoms with Gasteiger partial charge in [0, 0.05) is 24.5 Å². The fraction of sp³-hybridized carbons (Fsp3) is 0.154. The molecule has 0 aliphatic heterocycles. The zero-order chi connectivity index (χ0) is 12.8. The molecule has 5 heteroatoms. The molecule has 0 unspecified atom stereocenters. The van der Waals surface area contributed by atoms with Gasteiger partial charge in [-0.15, -0.1) is 0 Å². The molecule has 0 amide bonds. The first kappa shape index (κ1) is 12.0. The number of rotatable bonds is 5. The van der Waals surface area contributed by atoms with Gasteiger partial charge < -0.3 is 22.1 Å². The van der Waals surface area contributed by atoms with E-state index in [2.05, 4.69) is 15.6 Å². The van der Waals surface area contributed by atoms with Crippen LogP contribution < -0.4 is 22.1 Å². The molecule has 1 heterocycles. The Hall–Kier alpha value is -2.43. The molecule has 5 nitrogen and oxygen atoms in total. The van der Waals surface area contributed by atoms with E-state index in [4.69, 9.17) is 11.5 Å². The van der Waals surface area contributed by atoms with Gasteiger partial charge >= 0.3 is 0 Å². The van der Waals surface area contributed by atoms with E-state index < -0.39 is 0 Å². The summed E-state index contributed by atoms with van der Waals surface area (Å²) in [5.41, 5.74) is 13.9. The van der Waals surface area contributed by atoms with Crippen molar-refractivity contribution in [2.45, 2.75) is 0 Å². The molecule has 18 heavy (non-hydrogen) atoms. The third kappa shape index (κ3) is 3.55. The van der Waals surface area contributed by atoms with Crippen LogP contribution in [0.25, 0.3) is 0 Å². The number of hydrogen-bond donors (Lipinski definition) is 4. The normalized spacial score (nSPS) is 10.0. The molecule has 0 fully saturated rings. The van der Waals surface area contributed by atoms with Crippen molar-refractivity contribution in [2.24, 2.45) is 0 Å². The van der Waals surface area contributed by atoms with Crippen LogP contribution >= 0.6 is 0 Å². The fourth-order valence-electron chi connectivity index (χ4n) is 1.52. The van der Waals surface area contributed by atoms with Gasteiger partial charge in [-0.25, -0.2) is 4.98 Å². The summed E-state index contributed by atoms with van der Waals surface area (Å²) in [5.74, 6) is 0.528. The van der Waals surface area contributed by atoms with Crippen LogP contribution in [0.3, 0.4) is 0 Å². The molecule has 2 aromatic rings. The van der Waals surface area contributed by atoms with E-state index in [0.29, 0.717) is 5.82 Å². The number of hydrogen-bond acceptors (Lipinski definition) is 5. The van der Waals surface area contributed by atoms with Gasteiger partial charge in [0.1, 0.15) is 5.82 Å². The number of benzene rings is 1. The Labute approximate surface area is 106 Å². The first-order valence-corrected chi connectivity index (χ1v) is 5.79. The maximum atomic E-state index is 5.61. The summed E-state index contributed by atoms with van der Waals surface area (Å²) >= 11 is 0. The number of nitrogen functional groups attached to an aromatic ring is 2. The molecular weight excluding hydrogens is 226 g/mol. The Kier molecular flexibility index (Phi) is 3.86. The third-order valence-corrected chi connectivity index (χ3v) is 2.48. The highest BCUT2D eigenvalue weighted by molar-refractivity contribution is 5.51. The van der Waals surface area contributed by atoms with Crippen LogP contribution in [0.1, 0.15) is 0 Å². The van der Waals surface area contributed by atoms with Crippen molar-refractivity contribution in [1.82, 2.24) is 4.98 Å². The third-order valence-electron chi connectivity index (χ3n) is 2.48. The highest BCUT2D eigenvalue weighted by Crippen LogP contribution is 2.10. The summed E-state index contributed by atoms with van der Waals surface area (Å²) in [7, 11) is 0. The van der Waals surface area contributed by atoms with Crippen molar-refractivity contribution in [3.05, 3.63) is 42.6 Å². The molecule has 0 atom stereocenters. The number of nitrogens with zero attached hydrogens (tertiary/aromatic N) is 1. The van der Waals surface area contributed by atoms with Gasteiger partial charge in [-0.1, -0.05) is 0 Å². The van der Waals surface area contributed by atoms with Crippen molar-refractivity contribution in [3.8, 4) is 0 Å². The van der Waals surface area contributed by atoms with Crippen LogP contribution in [0.4, 0.5) is 22.9 Å². The summed E-state index contributed by atoms with van der Waals surface area (Å²) in [5, 5.41) is 6.54. The molecule has 0 radical (unpaired) electrons. The Morgan fingerprint density at radius 1 is 0.833 bits per heavy atom. The number of anilines is 4. The van der Waals surface area contributed by atoms with E-state index >= 15 is 0 Å². The van der Waals surface area contributed by atoms with Crippen LogP contribution in [-0.2, 0) is 0 Å². The van der Waals surface area contributed by atoms with Crippen LogP contribution in [0, 0.1) is 0 Å². The molecule has 94 valence electrons. The predicted molar refractivity (Wildman–Crippen MR) is 76.5 cm³/mol. The maximum Gasteiger partial charge on any atom is 0.123 e. The maximum absolute atomic E-state index is 5.61. The van der Waals surface area contributed by atoms with Gasteiger partial charge in [-0.05, 0) is 36.4 Å². The van der Waals surface area contributed by atoms with Crippen molar-refractivity contribution in [3.63, 3.8) is 0 Å². The standard InChI is InChI=1S/C13H17N5/c14-10-1-3-11(4-2-10)16-7-8-17-12-5-6-13(15)18-9-12/h1-6,9,16-17H,7-8,14H2,(H2,15,18). The predicted octanol–water partition coefficient (Wildman–Crippen LogP) is 1.77. The summed E-state index contributed by atoms with van der Waals surface area (Å²) in [6, 6.07) is 11.3. The number of pyridine rings is 1. The minimum atomic E-state index is 0.528. The van der Waals surface area contributed by atoms with E-state index in [0.717, 1.165) is 30.2 Å². The lowest BCUT2D eigenvalue weighted by atomic mass is 10.3. The van der Waals surface area contributed by atoms with Crippen LogP contribution in [0.5, 0.6) is 0 Å². The second-order valence-corrected chi connectivity index (χ2v) is 3.95. The fourth-order valence-corrected chi connectivity index (χ4v) is 1.52. The Morgan fingerprint density at radius 3 is 2.06 bits per heavy atom. The van der Waals surface area contributed by atoms with E-state index in [1.807, 2.05) is 30.3 Å². The van der Waals surface area contributed by atoms with Crippen molar-refractivity contribution < 1.29 is 0 Å². The Morgan fingerprint density at radius 2 is 1.44 bits per heavy atom. The molecule has 1 aromatic heterocycles. The molecule has 0 saturated carbocycles. The van der Waals surface area contributed by atoms with Gasteiger partial charge in [0.2, 0.25) is 0 Å². The monoisotopic (exact) mass is 243 g/mol. The highest BCUT2D eigenvalue weighted by Gasteiger charge is 1.93. The Balaban J connectivity index is 1.73. The van der Waals surface area contributed by atoms with Gasteiger partial charge in [-0.3, -0.25) is 0 Å². The lowest BCUT2D eigenvalue weighted by Gasteiger charge is -2.08. The first-order chi connectivity index (χ1) is 8.74. The van der Waals surface area contributed by atoms with E-state index in [9.17, 15) is 0 Å². The average Bonchev–Trinajstić information content (AvgIpc) is 2.39. The molecular formula is C13H17N5. The number of nitrogens with two attached hydrogens (primary N) is 2. The summed E-state index contributed by atoms with van der Waals surface area (Å²) in [4.78, 5) is 4.01. The van der Waals surface area contributed by atoms with Gasteiger partial charge in [0.25, 0.3) is 0 Å². The second-order valence-electron chi connectivity index (χ2n) is 3.95. The van der Waals surface area contributed by atoms with Crippen LogP contribution in [0.2, 0.25) is 0 Å². The quantitative estimate of drug-likeness (QED) is 0.475. The van der Waals surface area contributed by atoms with Crippen molar-refractivity contribution in [2.75, 3.05) is 35.2 Å². The van der Waals surface area contributed by atoms with Gasteiger partial charge in [-0.2, -0.15) is 0 Å². The van der Waals surface area contributed by atoms with E-state index in [1.165, 1.54) is 0 Å². The molecule has 2 rings (SSSR count). The van der Waals surface area contributed by atoms with Gasteiger partial charge in [0.05, 0.1) is 11.9 Å². The highest BCUT2D eigenvalue weighted by atomic mass is 15.0. The van der Waals surface area contributed by atoms with Crippen molar-refractivity contribution >= 4 is 22.9 Å². The largest absolute Gasteiger partial charge is 0.399 e. The zero-order valence-corrected chi connectivity index (χ0v) is 10.1. The van der Waals surface area contributed by atoms with Gasteiger partial charge in [0.15, 0.2) is 0 Å². The average molecular weight is 243 g/mol. The lowest BCUT2D eigenvalue weighted by molar-refractivity contribution is 1.07. The smallest absolute Gasteiger partial charge is 0.123 e. The summed E-state index contributed by atoms with van der Waals surface area (Å²) in [6.45, 7) is 1.62. The molecule has 0 spiro atoms. The van der Waals surface area contributed by atoms with E-state index in [-0.39, 0.29) is 0 Å². The van der Waals surface area contributed by atoms with Crippen molar-refractivity contribution in [1.29, 1.82) is 0 Å². The van der Waals surface area contributed by atoms with E-state index in [1.54, 1.807) is 12.3 Å². The molecule has 0 saturated heterocycles. The topological polar surface area (TPSA) is 89.0 Å². The van der Waals surface area contributed by atoms with Crippen LogP contribution in [-0.4, -0.2) is 18.1 Å². The SMILES string of the molecule is Nc1ccc(NCCNc2ccc(N)nc2)cc1. The Bertz CT molecular complexity index is 430.